The molecule has 0 radical (unpaired) electrons. The molecule has 0 saturated heterocycles. The molecule has 0 unspecified atom stereocenters. The van der Waals surface area contributed by atoms with Crippen molar-refractivity contribution in [3.8, 4) is 0 Å². The highest BCUT2D eigenvalue weighted by Gasteiger charge is 2.10. The number of amides is 2. The molecule has 6 heteroatoms. The Kier molecular flexibility index (Phi) is 4.68. The molecule has 1 aromatic carbocycles. The third kappa shape index (κ3) is 4.33. The van der Waals surface area contributed by atoms with E-state index in [0.29, 0.717) is 5.56 Å². The first-order chi connectivity index (χ1) is 8.13. The third-order valence-corrected chi connectivity index (χ3v) is 1.88. The molecule has 2 N–H and O–H groups in total. The molecular formula is C11H12N2O4. The van der Waals surface area contributed by atoms with Crippen molar-refractivity contribution >= 4 is 17.8 Å². The van der Waals surface area contributed by atoms with Crippen LogP contribution in [0.25, 0.3) is 0 Å². The highest BCUT2D eigenvalue weighted by Crippen LogP contribution is 1.96. The van der Waals surface area contributed by atoms with E-state index < -0.39 is 24.2 Å². The van der Waals surface area contributed by atoms with Crippen molar-refractivity contribution in [3.05, 3.63) is 35.9 Å². The average molecular weight is 236 g/mol. The number of nitrogens with one attached hydrogen (secondary N) is 2. The second-order valence-corrected chi connectivity index (χ2v) is 3.12. The highest BCUT2D eigenvalue weighted by molar-refractivity contribution is 5.98. The average Bonchev–Trinajstić information content (AvgIpc) is 2.36. The summed E-state index contributed by atoms with van der Waals surface area (Å²) in [4.78, 5) is 33.3. The maximum Gasteiger partial charge on any atom is 0.315 e. The minimum Gasteiger partial charge on any atom is -0.469 e. The van der Waals surface area contributed by atoms with Crippen molar-refractivity contribution in [1.29, 1.82) is 0 Å². The number of carbonyl (C=O) groups is 3. The van der Waals surface area contributed by atoms with Crippen molar-refractivity contribution in [2.24, 2.45) is 0 Å². The molecule has 0 bridgehead atoms. The van der Waals surface area contributed by atoms with Crippen LogP contribution in [0.15, 0.2) is 30.3 Å². The van der Waals surface area contributed by atoms with Gasteiger partial charge in [0.05, 0.1) is 7.11 Å². The van der Waals surface area contributed by atoms with Gasteiger partial charge in [-0.25, -0.2) is 0 Å². The number of hydrogen-bond acceptors (Lipinski definition) is 4. The quantitative estimate of drug-likeness (QED) is 0.440. The Labute approximate surface area is 97.9 Å². The van der Waals surface area contributed by atoms with E-state index >= 15 is 0 Å². The van der Waals surface area contributed by atoms with Crippen LogP contribution < -0.4 is 10.9 Å². The lowest BCUT2D eigenvalue weighted by molar-refractivity contribution is -0.144. The van der Waals surface area contributed by atoms with Gasteiger partial charge in [0, 0.05) is 5.56 Å². The van der Waals surface area contributed by atoms with E-state index in [-0.39, 0.29) is 0 Å². The second-order valence-electron chi connectivity index (χ2n) is 3.12. The summed E-state index contributed by atoms with van der Waals surface area (Å²) in [5, 5.41) is 0. The third-order valence-electron chi connectivity index (χ3n) is 1.88. The van der Waals surface area contributed by atoms with Crippen LogP contribution in [0.5, 0.6) is 0 Å². The summed E-state index contributed by atoms with van der Waals surface area (Å²) >= 11 is 0. The fraction of sp³-hybridized carbons (Fsp3) is 0.182. The molecule has 1 rings (SSSR count). The smallest absolute Gasteiger partial charge is 0.315 e. The number of hydrogen-bond donors (Lipinski definition) is 2. The van der Waals surface area contributed by atoms with Crippen LogP contribution in [-0.4, -0.2) is 24.9 Å². The summed E-state index contributed by atoms with van der Waals surface area (Å²) in [6, 6.07) is 8.37. The van der Waals surface area contributed by atoms with Gasteiger partial charge in [-0.2, -0.15) is 0 Å². The van der Waals surface area contributed by atoms with Gasteiger partial charge in [-0.15, -0.1) is 0 Å². The summed E-state index contributed by atoms with van der Waals surface area (Å²) in [5.74, 6) is -1.76. The summed E-state index contributed by atoms with van der Waals surface area (Å²) in [7, 11) is 1.18. The molecule has 0 heterocycles. The number of benzene rings is 1. The largest absolute Gasteiger partial charge is 0.469 e. The van der Waals surface area contributed by atoms with Crippen LogP contribution in [0.1, 0.15) is 16.8 Å². The van der Waals surface area contributed by atoms with Crippen LogP contribution in [0.4, 0.5) is 0 Å². The van der Waals surface area contributed by atoms with E-state index in [1.807, 2.05) is 0 Å². The second kappa shape index (κ2) is 6.26. The number of ether oxygens (including phenoxy) is 1. The molecule has 0 saturated carbocycles. The van der Waals surface area contributed by atoms with Crippen LogP contribution >= 0.6 is 0 Å². The Balaban J connectivity index is 2.39. The maximum absolute atomic E-state index is 11.5. The van der Waals surface area contributed by atoms with Crippen LogP contribution in [0, 0.1) is 0 Å². The molecule has 0 aliphatic rings. The molecule has 0 aliphatic carbocycles. The van der Waals surface area contributed by atoms with E-state index in [1.54, 1.807) is 30.3 Å². The van der Waals surface area contributed by atoms with Crippen LogP contribution in [0.3, 0.4) is 0 Å². The van der Waals surface area contributed by atoms with E-state index in [0.717, 1.165) is 0 Å². The number of methoxy groups -OCH3 is 1. The topological polar surface area (TPSA) is 84.5 Å². The lowest BCUT2D eigenvalue weighted by Gasteiger charge is -2.06. The van der Waals surface area contributed by atoms with Crippen molar-refractivity contribution in [2.45, 2.75) is 6.42 Å². The van der Waals surface area contributed by atoms with Gasteiger partial charge in [-0.05, 0) is 12.1 Å². The first kappa shape index (κ1) is 12.7. The van der Waals surface area contributed by atoms with Crippen LogP contribution in [0.2, 0.25) is 0 Å². The Morgan fingerprint density at radius 1 is 1.12 bits per heavy atom. The van der Waals surface area contributed by atoms with Crippen molar-refractivity contribution in [3.63, 3.8) is 0 Å². The summed E-state index contributed by atoms with van der Waals surface area (Å²) in [6.45, 7) is 0. The molecule has 0 atom stereocenters. The predicted molar refractivity (Wildman–Crippen MR) is 58.7 cm³/mol. The Hall–Kier alpha value is -2.37. The maximum atomic E-state index is 11.5. The molecule has 0 aromatic heterocycles. The summed E-state index contributed by atoms with van der Waals surface area (Å²) < 4.78 is 4.30. The molecule has 90 valence electrons. The molecule has 6 nitrogen and oxygen atoms in total. The fourth-order valence-corrected chi connectivity index (χ4v) is 1.04. The monoisotopic (exact) mass is 236 g/mol. The van der Waals surface area contributed by atoms with Gasteiger partial charge in [-0.3, -0.25) is 25.2 Å². The van der Waals surface area contributed by atoms with Gasteiger partial charge in [0.25, 0.3) is 5.91 Å². The van der Waals surface area contributed by atoms with Crippen molar-refractivity contribution in [1.82, 2.24) is 10.9 Å². The zero-order valence-electron chi connectivity index (χ0n) is 9.23. The van der Waals surface area contributed by atoms with E-state index in [2.05, 4.69) is 15.6 Å². The van der Waals surface area contributed by atoms with E-state index in [9.17, 15) is 14.4 Å². The molecule has 1 aromatic rings. The number of esters is 1. The van der Waals surface area contributed by atoms with Gasteiger partial charge >= 0.3 is 5.97 Å². The minimum absolute atomic E-state index is 0.408. The summed E-state index contributed by atoms with van der Waals surface area (Å²) in [5.41, 5.74) is 4.70. The number of carbonyl (C=O) groups excluding carboxylic acids is 3. The van der Waals surface area contributed by atoms with Gasteiger partial charge in [0.1, 0.15) is 6.42 Å². The summed E-state index contributed by atoms with van der Waals surface area (Å²) in [6.07, 6.45) is -0.439. The van der Waals surface area contributed by atoms with E-state index in [4.69, 9.17) is 0 Å². The van der Waals surface area contributed by atoms with Gasteiger partial charge in [-0.1, -0.05) is 18.2 Å². The molecule has 0 spiro atoms. The first-order valence-electron chi connectivity index (χ1n) is 4.84. The van der Waals surface area contributed by atoms with Crippen LogP contribution in [-0.2, 0) is 14.3 Å². The molecule has 17 heavy (non-hydrogen) atoms. The normalized spacial score (nSPS) is 9.24. The fourth-order valence-electron chi connectivity index (χ4n) is 1.04. The molecular weight excluding hydrogens is 224 g/mol. The van der Waals surface area contributed by atoms with Gasteiger partial charge in [0.2, 0.25) is 5.91 Å². The lowest BCUT2D eigenvalue weighted by Crippen LogP contribution is -2.42. The Morgan fingerprint density at radius 2 is 1.76 bits per heavy atom. The van der Waals surface area contributed by atoms with Gasteiger partial charge < -0.3 is 4.74 Å². The minimum atomic E-state index is -0.670. The predicted octanol–water partition coefficient (Wildman–Crippen LogP) is 0.0107. The SMILES string of the molecule is COC(=O)CC(=O)NNC(=O)c1ccccc1. The zero-order valence-corrected chi connectivity index (χ0v) is 9.23. The first-order valence-corrected chi connectivity index (χ1v) is 4.84. The van der Waals surface area contributed by atoms with Crippen molar-refractivity contribution < 1.29 is 19.1 Å². The standard InChI is InChI=1S/C11H12N2O4/c1-17-10(15)7-9(14)12-13-11(16)8-5-3-2-4-6-8/h2-6H,7H2,1H3,(H,12,14)(H,13,16). The number of rotatable bonds is 3. The van der Waals surface area contributed by atoms with Crippen molar-refractivity contribution in [2.75, 3.05) is 7.11 Å². The van der Waals surface area contributed by atoms with E-state index in [1.165, 1.54) is 7.11 Å². The highest BCUT2D eigenvalue weighted by atomic mass is 16.5. The molecule has 0 aliphatic heterocycles. The Morgan fingerprint density at radius 3 is 2.35 bits per heavy atom. The van der Waals surface area contributed by atoms with Gasteiger partial charge in [0.15, 0.2) is 0 Å². The molecule has 0 fully saturated rings. The lowest BCUT2D eigenvalue weighted by atomic mass is 10.2. The molecule has 2 amide bonds. The zero-order chi connectivity index (χ0) is 12.7. The Bertz CT molecular complexity index is 417. The number of hydrazine groups is 1.